The fourth-order valence-electron chi connectivity index (χ4n) is 0.904. The highest BCUT2D eigenvalue weighted by atomic mass is 32.2. The first-order chi connectivity index (χ1) is 6.45. The Morgan fingerprint density at radius 2 is 2.00 bits per heavy atom. The van der Waals surface area contributed by atoms with Gasteiger partial charge in [-0.1, -0.05) is 38.3 Å². The molecule has 0 bridgehead atoms. The van der Waals surface area contributed by atoms with Crippen LogP contribution in [0.15, 0.2) is 22.5 Å². The van der Waals surface area contributed by atoms with E-state index in [9.17, 15) is 9.59 Å². The normalized spacial score (nSPS) is 12.4. The van der Waals surface area contributed by atoms with Gasteiger partial charge in [0.2, 0.25) is 0 Å². The predicted molar refractivity (Wildman–Crippen MR) is 61.0 cm³/mol. The summed E-state index contributed by atoms with van der Waals surface area (Å²) in [5, 5.41) is 0. The first kappa shape index (κ1) is 13.2. The van der Waals surface area contributed by atoms with E-state index in [1.165, 1.54) is 11.8 Å². The average Bonchev–Trinajstić information content (AvgIpc) is 2.13. The zero-order chi connectivity index (χ0) is 11.2. The minimum Gasteiger partial charge on any atom is -0.303 e. The lowest BCUT2D eigenvalue weighted by Gasteiger charge is -2.17. The number of rotatable bonds is 6. The summed E-state index contributed by atoms with van der Waals surface area (Å²) in [6, 6.07) is 0. The van der Waals surface area contributed by atoms with E-state index < -0.39 is 5.41 Å². The number of carbonyl (C=O) groups excluding carboxylic acids is 2. The maximum atomic E-state index is 10.7. The molecule has 0 rings (SSSR count). The van der Waals surface area contributed by atoms with E-state index >= 15 is 0 Å². The van der Waals surface area contributed by atoms with Crippen LogP contribution in [0.5, 0.6) is 0 Å². The summed E-state index contributed by atoms with van der Waals surface area (Å²) in [6.07, 6.45) is 4.03. The van der Waals surface area contributed by atoms with Crippen molar-refractivity contribution in [3.63, 3.8) is 0 Å². The number of hydrogen-bond donors (Lipinski definition) is 0. The van der Waals surface area contributed by atoms with Gasteiger partial charge in [-0.05, 0) is 18.2 Å². The maximum Gasteiger partial charge on any atom is 0.156 e. The van der Waals surface area contributed by atoms with Gasteiger partial charge < -0.3 is 4.79 Å². The van der Waals surface area contributed by atoms with Gasteiger partial charge in [0.05, 0.1) is 0 Å². The molecule has 0 N–H and O–H groups in total. The fraction of sp³-hybridized carbons (Fsp3) is 0.455. The number of hydrogen-bond acceptors (Lipinski definition) is 3. The van der Waals surface area contributed by atoms with Crippen molar-refractivity contribution in [2.24, 2.45) is 5.41 Å². The molecule has 0 saturated heterocycles. The molecule has 2 nitrogen and oxygen atoms in total. The van der Waals surface area contributed by atoms with E-state index in [1.54, 1.807) is 13.0 Å². The quantitative estimate of drug-likeness (QED) is 0.501. The molecule has 0 aliphatic heterocycles. The third-order valence-electron chi connectivity index (χ3n) is 1.63. The fourth-order valence-corrected chi connectivity index (χ4v) is 1.85. The van der Waals surface area contributed by atoms with Crippen molar-refractivity contribution in [3.8, 4) is 0 Å². The summed E-state index contributed by atoms with van der Waals surface area (Å²) in [5.74, 6) is 0. The van der Waals surface area contributed by atoms with E-state index in [4.69, 9.17) is 0 Å². The third kappa shape index (κ3) is 5.02. The minimum absolute atomic E-state index is 0.397. The van der Waals surface area contributed by atoms with Crippen molar-refractivity contribution < 1.29 is 9.59 Å². The molecule has 0 amide bonds. The summed E-state index contributed by atoms with van der Waals surface area (Å²) in [6.45, 7) is 9.33. The Kier molecular flexibility index (Phi) is 5.46. The molecule has 0 radical (unpaired) electrons. The molecule has 0 saturated carbocycles. The van der Waals surface area contributed by atoms with Gasteiger partial charge in [-0.25, -0.2) is 0 Å². The van der Waals surface area contributed by atoms with Crippen LogP contribution < -0.4 is 0 Å². The zero-order valence-corrected chi connectivity index (χ0v) is 9.69. The van der Waals surface area contributed by atoms with Crippen LogP contribution in [-0.4, -0.2) is 12.6 Å². The third-order valence-corrected chi connectivity index (χ3v) is 2.64. The molecule has 0 aliphatic rings. The Labute approximate surface area is 89.5 Å². The molecule has 0 spiro atoms. The molecule has 0 aromatic rings. The van der Waals surface area contributed by atoms with Crippen LogP contribution in [0.1, 0.15) is 27.2 Å². The highest BCUT2D eigenvalue weighted by Gasteiger charge is 2.18. The summed E-state index contributed by atoms with van der Waals surface area (Å²) in [7, 11) is 0. The van der Waals surface area contributed by atoms with Crippen LogP contribution in [0.4, 0.5) is 0 Å². The lowest BCUT2D eigenvalue weighted by atomic mass is 9.92. The number of thioether (sulfide) groups is 1. The molecule has 0 unspecified atom stereocenters. The van der Waals surface area contributed by atoms with Crippen LogP contribution in [0.3, 0.4) is 0 Å². The monoisotopic (exact) mass is 212 g/mol. The van der Waals surface area contributed by atoms with E-state index in [2.05, 4.69) is 6.58 Å². The SMILES string of the molecule is C=C(CC(C)(C)C=O)S/C(C=O)=C\C. The van der Waals surface area contributed by atoms with Gasteiger partial charge in [-0.3, -0.25) is 4.79 Å². The Morgan fingerprint density at radius 3 is 2.36 bits per heavy atom. The van der Waals surface area contributed by atoms with Crippen LogP contribution >= 0.6 is 11.8 Å². The van der Waals surface area contributed by atoms with E-state index in [0.717, 1.165) is 17.5 Å². The molecule has 0 atom stereocenters. The molecular weight excluding hydrogens is 196 g/mol. The van der Waals surface area contributed by atoms with E-state index in [-0.39, 0.29) is 0 Å². The summed E-state index contributed by atoms with van der Waals surface area (Å²) in [4.78, 5) is 22.6. The van der Waals surface area contributed by atoms with Gasteiger partial charge in [-0.2, -0.15) is 0 Å². The molecule has 78 valence electrons. The Hall–Kier alpha value is -0.830. The number of carbonyl (C=O) groups is 2. The van der Waals surface area contributed by atoms with Crippen molar-refractivity contribution in [2.45, 2.75) is 27.2 Å². The highest BCUT2D eigenvalue weighted by molar-refractivity contribution is 8.07. The predicted octanol–water partition coefficient (Wildman–Crippen LogP) is 2.95. The van der Waals surface area contributed by atoms with Crippen molar-refractivity contribution in [3.05, 3.63) is 22.5 Å². The molecule has 0 aromatic heterocycles. The first-order valence-corrected chi connectivity index (χ1v) is 5.20. The standard InChI is InChI=1S/C11H16O2S/c1-5-10(7-12)14-9(2)6-11(3,4)8-13/h5,7-8H,2,6H2,1,3-4H3/b10-5-. The van der Waals surface area contributed by atoms with Crippen LogP contribution in [0.25, 0.3) is 0 Å². The minimum atomic E-state index is -0.397. The molecule has 0 heterocycles. The van der Waals surface area contributed by atoms with Gasteiger partial charge in [0.15, 0.2) is 6.29 Å². The highest BCUT2D eigenvalue weighted by Crippen LogP contribution is 2.32. The first-order valence-electron chi connectivity index (χ1n) is 4.38. The maximum absolute atomic E-state index is 10.7. The smallest absolute Gasteiger partial charge is 0.156 e. The second kappa shape index (κ2) is 5.81. The topological polar surface area (TPSA) is 34.1 Å². The summed E-state index contributed by atoms with van der Waals surface area (Å²) in [5.41, 5.74) is -0.397. The van der Waals surface area contributed by atoms with Crippen molar-refractivity contribution in [2.75, 3.05) is 0 Å². The Bertz CT molecular complexity index is 264. The van der Waals surface area contributed by atoms with Crippen molar-refractivity contribution >= 4 is 24.3 Å². The average molecular weight is 212 g/mol. The molecule has 0 aliphatic carbocycles. The molecule has 3 heteroatoms. The molecule has 14 heavy (non-hydrogen) atoms. The molecular formula is C11H16O2S. The van der Waals surface area contributed by atoms with Crippen LogP contribution in [0, 0.1) is 5.41 Å². The van der Waals surface area contributed by atoms with Crippen LogP contribution in [-0.2, 0) is 9.59 Å². The lowest BCUT2D eigenvalue weighted by Crippen LogP contribution is -2.12. The van der Waals surface area contributed by atoms with E-state index in [0.29, 0.717) is 11.3 Å². The van der Waals surface area contributed by atoms with Crippen molar-refractivity contribution in [1.82, 2.24) is 0 Å². The summed E-state index contributed by atoms with van der Waals surface area (Å²) < 4.78 is 0. The summed E-state index contributed by atoms with van der Waals surface area (Å²) >= 11 is 1.33. The van der Waals surface area contributed by atoms with Gasteiger partial charge in [0.1, 0.15) is 6.29 Å². The number of allylic oxidation sites excluding steroid dienone is 3. The van der Waals surface area contributed by atoms with Gasteiger partial charge in [0.25, 0.3) is 0 Å². The number of aldehydes is 2. The van der Waals surface area contributed by atoms with Crippen LogP contribution in [0.2, 0.25) is 0 Å². The Morgan fingerprint density at radius 1 is 1.43 bits per heavy atom. The van der Waals surface area contributed by atoms with Gasteiger partial charge in [0, 0.05) is 10.3 Å². The zero-order valence-electron chi connectivity index (χ0n) is 8.87. The second-order valence-electron chi connectivity index (χ2n) is 3.73. The molecule has 0 aromatic carbocycles. The lowest BCUT2D eigenvalue weighted by molar-refractivity contribution is -0.114. The molecule has 0 fully saturated rings. The van der Waals surface area contributed by atoms with Gasteiger partial charge >= 0.3 is 0 Å². The van der Waals surface area contributed by atoms with E-state index in [1.807, 2.05) is 13.8 Å². The largest absolute Gasteiger partial charge is 0.303 e. The van der Waals surface area contributed by atoms with Gasteiger partial charge in [-0.15, -0.1) is 0 Å². The second-order valence-corrected chi connectivity index (χ2v) is 4.99. The van der Waals surface area contributed by atoms with Crippen molar-refractivity contribution in [1.29, 1.82) is 0 Å². The Balaban J connectivity index is 4.24.